The minimum Gasteiger partial charge on any atom is -0.317 e. The lowest BCUT2D eigenvalue weighted by Gasteiger charge is -2.30. The Morgan fingerprint density at radius 1 is 1.21 bits per heavy atom. The molecule has 1 aromatic carbocycles. The van der Waals surface area contributed by atoms with Crippen LogP contribution in [-0.2, 0) is 6.54 Å². The van der Waals surface area contributed by atoms with Gasteiger partial charge in [0.15, 0.2) is 0 Å². The Labute approximate surface area is 131 Å². The van der Waals surface area contributed by atoms with Gasteiger partial charge >= 0.3 is 0 Å². The van der Waals surface area contributed by atoms with Gasteiger partial charge in [-0.2, -0.15) is 0 Å². The quantitative estimate of drug-likeness (QED) is 0.769. The van der Waals surface area contributed by atoms with Crippen LogP contribution in [0.5, 0.6) is 0 Å². The molecule has 3 heteroatoms. The molecule has 1 fully saturated rings. The fourth-order valence-electron chi connectivity index (χ4n) is 2.83. The van der Waals surface area contributed by atoms with Crippen LogP contribution >= 0.6 is 22.6 Å². The largest absolute Gasteiger partial charge is 0.317 e. The number of nitrogens with one attached hydrogen (secondary N) is 1. The fraction of sp³-hybridized carbons (Fsp3) is 0.625. The zero-order valence-corrected chi connectivity index (χ0v) is 14.0. The van der Waals surface area contributed by atoms with Gasteiger partial charge in [0.1, 0.15) is 0 Å². The molecule has 0 unspecified atom stereocenters. The first-order valence-corrected chi connectivity index (χ1v) is 8.53. The van der Waals surface area contributed by atoms with Gasteiger partial charge in [-0.3, -0.25) is 4.90 Å². The van der Waals surface area contributed by atoms with Gasteiger partial charge in [0.2, 0.25) is 0 Å². The van der Waals surface area contributed by atoms with Gasteiger partial charge in [-0.25, -0.2) is 0 Å². The van der Waals surface area contributed by atoms with E-state index >= 15 is 0 Å². The Kier molecular flexibility index (Phi) is 6.61. The zero-order valence-electron chi connectivity index (χ0n) is 11.9. The van der Waals surface area contributed by atoms with E-state index in [4.69, 9.17) is 0 Å². The van der Waals surface area contributed by atoms with E-state index in [1.807, 2.05) is 0 Å². The highest BCUT2D eigenvalue weighted by Gasteiger charge is 2.16. The zero-order chi connectivity index (χ0) is 13.5. The monoisotopic (exact) mass is 372 g/mol. The van der Waals surface area contributed by atoms with Crippen LogP contribution < -0.4 is 5.32 Å². The fourth-order valence-corrected chi connectivity index (χ4v) is 3.19. The van der Waals surface area contributed by atoms with Crippen molar-refractivity contribution in [3.05, 3.63) is 33.4 Å². The summed E-state index contributed by atoms with van der Waals surface area (Å²) in [6.07, 6.45) is 3.93. The van der Waals surface area contributed by atoms with Crippen molar-refractivity contribution in [1.82, 2.24) is 10.2 Å². The first-order valence-electron chi connectivity index (χ1n) is 7.45. The third kappa shape index (κ3) is 5.40. The van der Waals surface area contributed by atoms with Crippen molar-refractivity contribution in [2.75, 3.05) is 26.2 Å². The highest BCUT2D eigenvalue weighted by molar-refractivity contribution is 14.1. The van der Waals surface area contributed by atoms with Crippen molar-refractivity contribution >= 4 is 22.6 Å². The summed E-state index contributed by atoms with van der Waals surface area (Å²) < 4.78 is 1.32. The second-order valence-corrected chi connectivity index (χ2v) is 6.80. The Bertz CT molecular complexity index is 358. The number of benzene rings is 1. The summed E-state index contributed by atoms with van der Waals surface area (Å²) in [5.74, 6) is 0.886. The van der Waals surface area contributed by atoms with E-state index in [0.29, 0.717) is 0 Å². The van der Waals surface area contributed by atoms with Crippen molar-refractivity contribution in [2.24, 2.45) is 5.92 Å². The van der Waals surface area contributed by atoms with Crippen LogP contribution in [0, 0.1) is 9.49 Å². The lowest BCUT2D eigenvalue weighted by molar-refractivity contribution is 0.199. The molecular weight excluding hydrogens is 347 g/mol. The summed E-state index contributed by atoms with van der Waals surface area (Å²) >= 11 is 2.37. The maximum Gasteiger partial charge on any atom is 0.0233 e. The molecule has 19 heavy (non-hydrogen) atoms. The van der Waals surface area contributed by atoms with Gasteiger partial charge in [0, 0.05) is 16.7 Å². The summed E-state index contributed by atoms with van der Waals surface area (Å²) in [6, 6.07) is 8.97. The van der Waals surface area contributed by atoms with Crippen LogP contribution in [0.25, 0.3) is 0 Å². The normalized spacial score (nSPS) is 17.0. The Hall–Kier alpha value is -0.130. The lowest BCUT2D eigenvalue weighted by atomic mass is 9.97. The van der Waals surface area contributed by atoms with Crippen LogP contribution in [0.1, 0.15) is 31.7 Å². The third-order valence-electron chi connectivity index (χ3n) is 3.83. The number of halogens is 1. The van der Waals surface area contributed by atoms with Crippen molar-refractivity contribution in [1.29, 1.82) is 0 Å². The van der Waals surface area contributed by atoms with Crippen LogP contribution in [0.4, 0.5) is 0 Å². The molecule has 106 valence electrons. The highest BCUT2D eigenvalue weighted by atomic mass is 127. The van der Waals surface area contributed by atoms with Gasteiger partial charge in [-0.05, 0) is 85.1 Å². The molecular formula is C16H25IN2. The predicted molar refractivity (Wildman–Crippen MR) is 90.3 cm³/mol. The van der Waals surface area contributed by atoms with E-state index in [2.05, 4.69) is 64.0 Å². The molecule has 0 radical (unpaired) electrons. The summed E-state index contributed by atoms with van der Waals surface area (Å²) in [7, 11) is 0. The van der Waals surface area contributed by atoms with E-state index < -0.39 is 0 Å². The summed E-state index contributed by atoms with van der Waals surface area (Å²) in [6.45, 7) is 8.28. The van der Waals surface area contributed by atoms with Gasteiger partial charge in [0.25, 0.3) is 0 Å². The number of hydrogen-bond acceptors (Lipinski definition) is 2. The molecule has 1 N–H and O–H groups in total. The van der Waals surface area contributed by atoms with Crippen molar-refractivity contribution < 1.29 is 0 Å². The topological polar surface area (TPSA) is 15.3 Å². The first-order chi connectivity index (χ1) is 9.28. The minimum atomic E-state index is 0.886. The SMILES string of the molecule is CCCN(Cc1ccc(I)cc1)CC1CCNCC1. The summed E-state index contributed by atoms with van der Waals surface area (Å²) in [4.78, 5) is 2.64. The molecule has 0 amide bonds. The van der Waals surface area contributed by atoms with E-state index in [9.17, 15) is 0 Å². The molecule has 2 rings (SSSR count). The molecule has 0 bridgehead atoms. The van der Waals surface area contributed by atoms with Gasteiger partial charge < -0.3 is 5.32 Å². The molecule has 1 aliphatic heterocycles. The number of piperidine rings is 1. The van der Waals surface area contributed by atoms with Crippen molar-refractivity contribution in [3.63, 3.8) is 0 Å². The molecule has 0 saturated carbocycles. The molecule has 0 atom stereocenters. The van der Waals surface area contributed by atoms with Crippen molar-refractivity contribution in [3.8, 4) is 0 Å². The second kappa shape index (κ2) is 8.22. The first kappa shape index (κ1) is 15.3. The third-order valence-corrected chi connectivity index (χ3v) is 4.55. The summed E-state index contributed by atoms with van der Waals surface area (Å²) in [5.41, 5.74) is 1.45. The maximum atomic E-state index is 3.46. The van der Waals surface area contributed by atoms with Crippen molar-refractivity contribution in [2.45, 2.75) is 32.7 Å². The van der Waals surface area contributed by atoms with Crippen LogP contribution in [0.3, 0.4) is 0 Å². The Balaban J connectivity index is 1.89. The average molecular weight is 372 g/mol. The highest BCUT2D eigenvalue weighted by Crippen LogP contribution is 2.16. The van der Waals surface area contributed by atoms with Crippen LogP contribution in [0.15, 0.2) is 24.3 Å². The standard InChI is InChI=1S/C16H25IN2/c1-2-11-19(13-15-7-9-18-10-8-15)12-14-3-5-16(17)6-4-14/h3-6,15,18H,2,7-13H2,1H3. The molecule has 0 aromatic heterocycles. The van der Waals surface area contributed by atoms with E-state index in [1.165, 1.54) is 54.6 Å². The number of nitrogens with zero attached hydrogens (tertiary/aromatic N) is 1. The van der Waals surface area contributed by atoms with E-state index in [0.717, 1.165) is 12.5 Å². The lowest BCUT2D eigenvalue weighted by Crippen LogP contribution is -2.36. The second-order valence-electron chi connectivity index (χ2n) is 5.55. The molecule has 0 aliphatic carbocycles. The van der Waals surface area contributed by atoms with E-state index in [1.54, 1.807) is 0 Å². The smallest absolute Gasteiger partial charge is 0.0233 e. The average Bonchev–Trinajstić information content (AvgIpc) is 2.43. The predicted octanol–water partition coefficient (Wildman–Crippen LogP) is 3.50. The van der Waals surface area contributed by atoms with Crippen LogP contribution in [0.2, 0.25) is 0 Å². The van der Waals surface area contributed by atoms with Crippen LogP contribution in [-0.4, -0.2) is 31.1 Å². The maximum absolute atomic E-state index is 3.46. The Morgan fingerprint density at radius 3 is 2.53 bits per heavy atom. The van der Waals surface area contributed by atoms with Gasteiger partial charge in [0.05, 0.1) is 0 Å². The molecule has 1 saturated heterocycles. The molecule has 1 heterocycles. The van der Waals surface area contributed by atoms with E-state index in [-0.39, 0.29) is 0 Å². The Morgan fingerprint density at radius 2 is 1.89 bits per heavy atom. The molecule has 1 aromatic rings. The summed E-state index contributed by atoms with van der Waals surface area (Å²) in [5, 5.41) is 3.46. The molecule has 1 aliphatic rings. The van der Waals surface area contributed by atoms with Gasteiger partial charge in [-0.15, -0.1) is 0 Å². The number of hydrogen-bond donors (Lipinski definition) is 1. The molecule has 0 spiro atoms. The number of rotatable bonds is 6. The molecule has 2 nitrogen and oxygen atoms in total. The minimum absolute atomic E-state index is 0.886. The van der Waals surface area contributed by atoms with Gasteiger partial charge in [-0.1, -0.05) is 19.1 Å².